The van der Waals surface area contributed by atoms with Crippen LogP contribution in [0.1, 0.15) is 30.3 Å². The van der Waals surface area contributed by atoms with Gasteiger partial charge < -0.3 is 5.32 Å². The van der Waals surface area contributed by atoms with Crippen molar-refractivity contribution in [1.29, 1.82) is 0 Å². The Hall–Kier alpha value is -2.70. The molecule has 0 fully saturated rings. The number of aromatic nitrogens is 3. The van der Waals surface area contributed by atoms with E-state index in [-0.39, 0.29) is 5.56 Å². The summed E-state index contributed by atoms with van der Waals surface area (Å²) >= 11 is 0. The molecule has 0 amide bonds. The second-order valence-corrected chi connectivity index (χ2v) is 6.03. The molecule has 136 valence electrons. The first-order chi connectivity index (χ1) is 12.3. The van der Waals surface area contributed by atoms with Gasteiger partial charge in [0.15, 0.2) is 5.65 Å². The van der Waals surface area contributed by atoms with Crippen molar-refractivity contribution in [2.24, 2.45) is 0 Å². The molecule has 0 saturated carbocycles. The molecule has 1 aromatic carbocycles. The zero-order valence-corrected chi connectivity index (χ0v) is 14.8. The normalized spacial score (nSPS) is 11.8. The number of hydrogen-bond acceptors (Lipinski definition) is 4. The highest BCUT2D eigenvalue weighted by atomic mass is 19.4. The summed E-state index contributed by atoms with van der Waals surface area (Å²) in [5.41, 5.74) is 0.846. The van der Waals surface area contributed by atoms with Crippen molar-refractivity contribution < 1.29 is 13.2 Å². The number of halogens is 3. The zero-order chi connectivity index (χ0) is 18.9. The molecule has 0 spiro atoms. The average molecular weight is 360 g/mol. The molecule has 4 nitrogen and oxygen atoms in total. The lowest BCUT2D eigenvalue weighted by Gasteiger charge is -2.16. The molecule has 7 heteroatoms. The molecule has 26 heavy (non-hydrogen) atoms. The summed E-state index contributed by atoms with van der Waals surface area (Å²) in [5, 5.41) is 3.71. The fourth-order valence-corrected chi connectivity index (χ4v) is 3.03. The van der Waals surface area contributed by atoms with E-state index < -0.39 is 11.7 Å². The van der Waals surface area contributed by atoms with E-state index in [1.807, 2.05) is 13.0 Å². The molecular formula is C19H19F3N4. The zero-order valence-electron chi connectivity index (χ0n) is 14.8. The highest BCUT2D eigenvalue weighted by Gasteiger charge is 2.34. The van der Waals surface area contributed by atoms with Crippen molar-refractivity contribution in [2.75, 3.05) is 12.4 Å². The molecule has 0 aliphatic carbocycles. The molecule has 3 rings (SSSR count). The summed E-state index contributed by atoms with van der Waals surface area (Å²) in [7, 11) is 1.74. The number of benzene rings is 1. The Morgan fingerprint density at radius 3 is 2.46 bits per heavy atom. The van der Waals surface area contributed by atoms with Crippen LogP contribution in [0.3, 0.4) is 0 Å². The van der Waals surface area contributed by atoms with Crippen LogP contribution in [0.2, 0.25) is 0 Å². The topological polar surface area (TPSA) is 50.7 Å². The Labute approximate surface area is 149 Å². The van der Waals surface area contributed by atoms with E-state index in [4.69, 9.17) is 0 Å². The average Bonchev–Trinajstić information content (AvgIpc) is 2.60. The van der Waals surface area contributed by atoms with Crippen LogP contribution in [-0.2, 0) is 12.6 Å². The SMILES string of the molecule is CCCc1cc2c(NC)nc(C)nc2nc1-c1ccccc1C(F)(F)F. The molecule has 0 aliphatic rings. The third kappa shape index (κ3) is 3.34. The van der Waals surface area contributed by atoms with Gasteiger partial charge in [0, 0.05) is 12.6 Å². The fourth-order valence-electron chi connectivity index (χ4n) is 3.03. The van der Waals surface area contributed by atoms with Crippen LogP contribution in [0.5, 0.6) is 0 Å². The second-order valence-electron chi connectivity index (χ2n) is 6.03. The van der Waals surface area contributed by atoms with E-state index in [2.05, 4.69) is 20.3 Å². The van der Waals surface area contributed by atoms with Gasteiger partial charge in [0.05, 0.1) is 16.6 Å². The Balaban J connectivity index is 2.34. The number of aryl methyl sites for hydroxylation is 2. The minimum absolute atomic E-state index is 0.0765. The number of rotatable bonds is 4. The highest BCUT2D eigenvalue weighted by molar-refractivity contribution is 5.89. The summed E-state index contributed by atoms with van der Waals surface area (Å²) < 4.78 is 40.5. The first-order valence-corrected chi connectivity index (χ1v) is 8.37. The summed E-state index contributed by atoms with van der Waals surface area (Å²) in [5.74, 6) is 1.13. The lowest BCUT2D eigenvalue weighted by molar-refractivity contribution is -0.137. The second kappa shape index (κ2) is 6.90. The first-order valence-electron chi connectivity index (χ1n) is 8.37. The van der Waals surface area contributed by atoms with E-state index in [0.717, 1.165) is 18.1 Å². The monoisotopic (exact) mass is 360 g/mol. The van der Waals surface area contributed by atoms with Gasteiger partial charge in [-0.3, -0.25) is 0 Å². The van der Waals surface area contributed by atoms with Crippen LogP contribution in [0.25, 0.3) is 22.3 Å². The highest BCUT2D eigenvalue weighted by Crippen LogP contribution is 2.38. The van der Waals surface area contributed by atoms with Gasteiger partial charge in [0.1, 0.15) is 11.6 Å². The summed E-state index contributed by atoms with van der Waals surface area (Å²) in [6, 6.07) is 7.37. The first kappa shape index (κ1) is 18.1. The summed E-state index contributed by atoms with van der Waals surface area (Å²) in [6.07, 6.45) is -3.05. The minimum Gasteiger partial charge on any atom is -0.372 e. The maximum Gasteiger partial charge on any atom is 0.417 e. The number of nitrogens with zero attached hydrogens (tertiary/aromatic N) is 3. The third-order valence-electron chi connectivity index (χ3n) is 4.12. The standard InChI is InChI=1S/C19H19F3N4/c1-4-7-12-10-14-17(23-3)24-11(2)25-18(14)26-16(12)13-8-5-6-9-15(13)19(20,21)22/h5-6,8-10H,4,7H2,1-3H3,(H,23,24,25,26). The van der Waals surface area contributed by atoms with Crippen LogP contribution in [-0.4, -0.2) is 22.0 Å². The number of alkyl halides is 3. The van der Waals surface area contributed by atoms with Gasteiger partial charge >= 0.3 is 6.18 Å². The number of fused-ring (bicyclic) bond motifs is 1. The summed E-state index contributed by atoms with van der Waals surface area (Å²) in [6.45, 7) is 3.71. The Morgan fingerprint density at radius 1 is 1.08 bits per heavy atom. The van der Waals surface area contributed by atoms with Gasteiger partial charge in [-0.15, -0.1) is 0 Å². The van der Waals surface area contributed by atoms with E-state index in [1.165, 1.54) is 12.1 Å². The van der Waals surface area contributed by atoms with E-state index in [1.54, 1.807) is 20.0 Å². The van der Waals surface area contributed by atoms with E-state index >= 15 is 0 Å². The summed E-state index contributed by atoms with van der Waals surface area (Å²) in [4.78, 5) is 13.2. The number of pyridine rings is 1. The quantitative estimate of drug-likeness (QED) is 0.710. The van der Waals surface area contributed by atoms with Crippen molar-refractivity contribution in [2.45, 2.75) is 32.9 Å². The van der Waals surface area contributed by atoms with E-state index in [0.29, 0.717) is 34.8 Å². The molecule has 2 heterocycles. The predicted octanol–water partition coefficient (Wildman–Crippen LogP) is 5.01. The molecule has 0 saturated heterocycles. The van der Waals surface area contributed by atoms with Gasteiger partial charge in [0.25, 0.3) is 0 Å². The van der Waals surface area contributed by atoms with E-state index in [9.17, 15) is 13.2 Å². The molecular weight excluding hydrogens is 341 g/mol. The minimum atomic E-state index is -4.45. The number of anilines is 1. The lowest BCUT2D eigenvalue weighted by Crippen LogP contribution is -2.09. The molecule has 3 aromatic rings. The van der Waals surface area contributed by atoms with Crippen LogP contribution < -0.4 is 5.32 Å². The molecule has 0 atom stereocenters. The molecule has 0 unspecified atom stereocenters. The van der Waals surface area contributed by atoms with Crippen LogP contribution >= 0.6 is 0 Å². The maximum absolute atomic E-state index is 13.5. The van der Waals surface area contributed by atoms with Gasteiger partial charge in [-0.05, 0) is 31.0 Å². The predicted molar refractivity (Wildman–Crippen MR) is 96.0 cm³/mol. The smallest absolute Gasteiger partial charge is 0.372 e. The van der Waals surface area contributed by atoms with Gasteiger partial charge in [-0.2, -0.15) is 13.2 Å². The third-order valence-corrected chi connectivity index (χ3v) is 4.12. The van der Waals surface area contributed by atoms with Crippen molar-refractivity contribution in [1.82, 2.24) is 15.0 Å². The Morgan fingerprint density at radius 2 is 1.81 bits per heavy atom. The van der Waals surface area contributed by atoms with Gasteiger partial charge in [-0.1, -0.05) is 31.5 Å². The molecule has 0 bridgehead atoms. The van der Waals surface area contributed by atoms with Crippen molar-refractivity contribution in [3.8, 4) is 11.3 Å². The molecule has 0 radical (unpaired) electrons. The van der Waals surface area contributed by atoms with Crippen LogP contribution in [0, 0.1) is 6.92 Å². The maximum atomic E-state index is 13.5. The van der Waals surface area contributed by atoms with Crippen molar-refractivity contribution in [3.05, 3.63) is 47.3 Å². The number of hydrogen-bond donors (Lipinski definition) is 1. The molecule has 1 N–H and O–H groups in total. The largest absolute Gasteiger partial charge is 0.417 e. The Bertz CT molecular complexity index is 951. The van der Waals surface area contributed by atoms with Crippen LogP contribution in [0.15, 0.2) is 30.3 Å². The molecule has 0 aliphatic heterocycles. The van der Waals surface area contributed by atoms with Crippen molar-refractivity contribution >= 4 is 16.9 Å². The fraction of sp³-hybridized carbons (Fsp3) is 0.316. The van der Waals surface area contributed by atoms with Crippen LogP contribution in [0.4, 0.5) is 19.0 Å². The van der Waals surface area contributed by atoms with Gasteiger partial charge in [0.2, 0.25) is 0 Å². The molecule has 2 aromatic heterocycles. The van der Waals surface area contributed by atoms with Crippen molar-refractivity contribution in [3.63, 3.8) is 0 Å². The Kier molecular flexibility index (Phi) is 4.80. The lowest BCUT2D eigenvalue weighted by atomic mass is 9.97. The number of nitrogens with one attached hydrogen (secondary N) is 1. The van der Waals surface area contributed by atoms with Gasteiger partial charge in [-0.25, -0.2) is 15.0 Å².